The number of halogens is 2. The summed E-state index contributed by atoms with van der Waals surface area (Å²) in [5.41, 5.74) is 0.933. The topological polar surface area (TPSA) is 34.1 Å². The number of hydrogen-bond acceptors (Lipinski definition) is 2. The maximum absolute atomic E-state index is 11.5. The van der Waals surface area contributed by atoms with Crippen LogP contribution >= 0.6 is 23.2 Å². The second-order valence-corrected chi connectivity index (χ2v) is 5.56. The third-order valence-corrected chi connectivity index (χ3v) is 4.00. The maximum Gasteiger partial charge on any atom is 0.249 e. The highest BCUT2D eigenvalue weighted by atomic mass is 35.5. The van der Waals surface area contributed by atoms with Gasteiger partial charge in [-0.15, -0.1) is 0 Å². The van der Waals surface area contributed by atoms with Crippen LogP contribution in [-0.4, -0.2) is 10.5 Å². The van der Waals surface area contributed by atoms with Crippen LogP contribution in [0.25, 0.3) is 0 Å². The van der Waals surface area contributed by atoms with Gasteiger partial charge in [0.15, 0.2) is 0 Å². The van der Waals surface area contributed by atoms with Gasteiger partial charge in [-0.1, -0.05) is 32.6 Å². The van der Waals surface area contributed by atoms with Crippen LogP contribution < -0.4 is 0 Å². The molecular formula is C14H20Cl2O2. The van der Waals surface area contributed by atoms with Gasteiger partial charge in [0.1, 0.15) is 0 Å². The van der Waals surface area contributed by atoms with Gasteiger partial charge in [0.05, 0.1) is 0 Å². The number of allylic oxidation sites excluding steroid dienone is 2. The third kappa shape index (κ3) is 4.40. The van der Waals surface area contributed by atoms with E-state index in [1.807, 2.05) is 0 Å². The summed E-state index contributed by atoms with van der Waals surface area (Å²) in [5, 5.41) is -1.02. The lowest BCUT2D eigenvalue weighted by Crippen LogP contribution is -2.19. The number of carbonyl (C=O) groups excluding carboxylic acids is 2. The SMILES string of the molecule is CCCCCCC1CCCC(C(=O)Cl)=C1C(=O)Cl. The smallest absolute Gasteiger partial charge is 0.249 e. The summed E-state index contributed by atoms with van der Waals surface area (Å²) in [7, 11) is 0. The Morgan fingerprint density at radius 3 is 2.44 bits per heavy atom. The third-order valence-electron chi connectivity index (χ3n) is 3.57. The summed E-state index contributed by atoms with van der Waals surface area (Å²) in [5.74, 6) is 0.123. The van der Waals surface area contributed by atoms with Crippen molar-refractivity contribution in [1.29, 1.82) is 0 Å². The lowest BCUT2D eigenvalue weighted by molar-refractivity contribution is -0.111. The molecule has 0 saturated heterocycles. The Bertz CT molecular complexity index is 348. The molecule has 0 aliphatic heterocycles. The monoisotopic (exact) mass is 290 g/mol. The summed E-state index contributed by atoms with van der Waals surface area (Å²) in [4.78, 5) is 22.8. The number of rotatable bonds is 7. The Hall–Kier alpha value is -0.340. The number of hydrogen-bond donors (Lipinski definition) is 0. The van der Waals surface area contributed by atoms with Crippen LogP contribution in [0.15, 0.2) is 11.1 Å². The van der Waals surface area contributed by atoms with Gasteiger partial charge < -0.3 is 0 Å². The number of carbonyl (C=O) groups is 2. The fourth-order valence-electron chi connectivity index (χ4n) is 2.64. The molecule has 4 heteroatoms. The van der Waals surface area contributed by atoms with Gasteiger partial charge in [0.2, 0.25) is 10.5 Å². The molecule has 102 valence electrons. The maximum atomic E-state index is 11.5. The Labute approximate surface area is 119 Å². The fraction of sp³-hybridized carbons (Fsp3) is 0.714. The van der Waals surface area contributed by atoms with Crippen LogP contribution in [0.4, 0.5) is 0 Å². The summed E-state index contributed by atoms with van der Waals surface area (Å²) < 4.78 is 0. The standard InChI is InChI=1S/C14H20Cl2O2/c1-2-3-4-5-7-10-8-6-9-11(13(15)17)12(10)14(16)18/h10H,2-9H2,1H3. The summed E-state index contributed by atoms with van der Waals surface area (Å²) in [6, 6.07) is 0. The van der Waals surface area contributed by atoms with Crippen LogP contribution in [0.3, 0.4) is 0 Å². The van der Waals surface area contributed by atoms with Crippen LogP contribution in [0.5, 0.6) is 0 Å². The van der Waals surface area contributed by atoms with E-state index in [1.54, 1.807) is 0 Å². The largest absolute Gasteiger partial charge is 0.276 e. The Morgan fingerprint density at radius 2 is 1.89 bits per heavy atom. The van der Waals surface area contributed by atoms with Crippen molar-refractivity contribution in [3.05, 3.63) is 11.1 Å². The van der Waals surface area contributed by atoms with Gasteiger partial charge in [-0.3, -0.25) is 9.59 Å². The normalized spacial score (nSPS) is 20.1. The van der Waals surface area contributed by atoms with Gasteiger partial charge in [0.25, 0.3) is 0 Å². The van der Waals surface area contributed by atoms with Crippen LogP contribution in [0, 0.1) is 5.92 Å². The van der Waals surface area contributed by atoms with E-state index in [4.69, 9.17) is 23.2 Å². The highest BCUT2D eigenvalue weighted by molar-refractivity contribution is 6.71. The summed E-state index contributed by atoms with van der Waals surface area (Å²) in [6.07, 6.45) is 8.02. The van der Waals surface area contributed by atoms with E-state index in [-0.39, 0.29) is 5.92 Å². The molecule has 0 fully saturated rings. The molecule has 0 bridgehead atoms. The molecule has 0 N–H and O–H groups in total. The zero-order valence-corrected chi connectivity index (χ0v) is 12.3. The van der Waals surface area contributed by atoms with Crippen molar-refractivity contribution >= 4 is 33.7 Å². The fourth-order valence-corrected chi connectivity index (χ4v) is 3.10. The quantitative estimate of drug-likeness (QED) is 0.508. The molecule has 2 nitrogen and oxygen atoms in total. The highest BCUT2D eigenvalue weighted by Crippen LogP contribution is 2.35. The minimum absolute atomic E-state index is 0.123. The molecule has 0 spiro atoms. The van der Waals surface area contributed by atoms with Gasteiger partial charge in [-0.25, -0.2) is 0 Å². The summed E-state index contributed by atoms with van der Waals surface area (Å²) >= 11 is 11.2. The van der Waals surface area contributed by atoms with E-state index in [2.05, 4.69) is 6.92 Å². The predicted octanol–water partition coefficient (Wildman–Crippen LogP) is 4.58. The number of unbranched alkanes of at least 4 members (excludes halogenated alkanes) is 3. The molecule has 0 heterocycles. The lowest BCUT2D eigenvalue weighted by atomic mass is 9.80. The van der Waals surface area contributed by atoms with E-state index >= 15 is 0 Å². The van der Waals surface area contributed by atoms with E-state index in [1.165, 1.54) is 19.3 Å². The highest BCUT2D eigenvalue weighted by Gasteiger charge is 2.29. The van der Waals surface area contributed by atoms with Crippen molar-refractivity contribution in [2.24, 2.45) is 5.92 Å². The first-order valence-electron chi connectivity index (χ1n) is 6.70. The molecule has 1 rings (SSSR count). The molecule has 0 aromatic carbocycles. The zero-order valence-electron chi connectivity index (χ0n) is 10.8. The van der Waals surface area contributed by atoms with Gasteiger partial charge in [-0.05, 0) is 54.8 Å². The first-order chi connectivity index (χ1) is 8.57. The van der Waals surface area contributed by atoms with Crippen molar-refractivity contribution in [2.75, 3.05) is 0 Å². The lowest BCUT2D eigenvalue weighted by Gasteiger charge is -2.25. The summed E-state index contributed by atoms with van der Waals surface area (Å²) in [6.45, 7) is 2.17. The molecular weight excluding hydrogens is 271 g/mol. The average Bonchev–Trinajstić information content (AvgIpc) is 2.33. The van der Waals surface area contributed by atoms with Crippen molar-refractivity contribution in [2.45, 2.75) is 58.3 Å². The molecule has 18 heavy (non-hydrogen) atoms. The van der Waals surface area contributed by atoms with E-state index in [9.17, 15) is 9.59 Å². The molecule has 0 radical (unpaired) electrons. The average molecular weight is 291 g/mol. The van der Waals surface area contributed by atoms with Crippen molar-refractivity contribution < 1.29 is 9.59 Å². The van der Waals surface area contributed by atoms with Crippen LogP contribution in [-0.2, 0) is 9.59 Å². The molecule has 1 aliphatic carbocycles. The zero-order chi connectivity index (χ0) is 13.5. The molecule has 1 unspecified atom stereocenters. The molecule has 0 saturated carbocycles. The minimum Gasteiger partial charge on any atom is -0.276 e. The first-order valence-corrected chi connectivity index (χ1v) is 7.46. The second kappa shape index (κ2) is 7.96. The van der Waals surface area contributed by atoms with E-state index < -0.39 is 10.5 Å². The van der Waals surface area contributed by atoms with Crippen molar-refractivity contribution in [3.63, 3.8) is 0 Å². The van der Waals surface area contributed by atoms with E-state index in [0.717, 1.165) is 25.7 Å². The van der Waals surface area contributed by atoms with Gasteiger partial charge in [-0.2, -0.15) is 0 Å². The molecule has 0 aromatic rings. The van der Waals surface area contributed by atoms with Crippen LogP contribution in [0.2, 0.25) is 0 Å². The van der Waals surface area contributed by atoms with E-state index in [0.29, 0.717) is 17.6 Å². The van der Waals surface area contributed by atoms with Crippen molar-refractivity contribution in [3.8, 4) is 0 Å². The molecule has 1 atom stereocenters. The molecule has 1 aliphatic rings. The Balaban J connectivity index is 2.73. The minimum atomic E-state index is -0.516. The first kappa shape index (κ1) is 15.7. The molecule has 0 aromatic heterocycles. The Morgan fingerprint density at radius 1 is 1.17 bits per heavy atom. The predicted molar refractivity (Wildman–Crippen MR) is 74.8 cm³/mol. The van der Waals surface area contributed by atoms with Gasteiger partial charge >= 0.3 is 0 Å². The second-order valence-electron chi connectivity index (χ2n) is 4.88. The van der Waals surface area contributed by atoms with Crippen molar-refractivity contribution in [1.82, 2.24) is 0 Å². The Kier molecular flexibility index (Phi) is 6.95. The van der Waals surface area contributed by atoms with Gasteiger partial charge in [0, 0.05) is 11.1 Å². The molecule has 0 amide bonds. The van der Waals surface area contributed by atoms with Crippen LogP contribution in [0.1, 0.15) is 58.3 Å².